The van der Waals surface area contributed by atoms with Gasteiger partial charge in [0.15, 0.2) is 0 Å². The average molecular weight is 303 g/mol. The Morgan fingerprint density at radius 3 is 2.67 bits per heavy atom. The first kappa shape index (κ1) is 14.7. The zero-order valence-electron chi connectivity index (χ0n) is 11.2. The molecular formula is C14H13N3O3S. The number of aromatic nitrogens is 2. The van der Waals surface area contributed by atoms with Crippen LogP contribution in [0.15, 0.2) is 35.7 Å². The molecular weight excluding hydrogens is 290 g/mol. The van der Waals surface area contributed by atoms with Crippen LogP contribution in [0.25, 0.3) is 11.0 Å². The van der Waals surface area contributed by atoms with Crippen molar-refractivity contribution in [1.82, 2.24) is 9.97 Å². The molecule has 0 aliphatic carbocycles. The molecule has 3 rings (SSSR count). The Hall–Kier alpha value is -2.67. The molecule has 0 unspecified atom stereocenters. The van der Waals surface area contributed by atoms with Crippen LogP contribution in [0.2, 0.25) is 0 Å². The first-order valence-corrected chi connectivity index (χ1v) is 6.88. The predicted molar refractivity (Wildman–Crippen MR) is 80.8 cm³/mol. The Morgan fingerprint density at radius 1 is 1.33 bits per heavy atom. The van der Waals surface area contributed by atoms with Crippen LogP contribution < -0.4 is 5.73 Å². The molecule has 6 nitrogen and oxygen atoms in total. The quantitative estimate of drug-likeness (QED) is 0.632. The minimum Gasteiger partial charge on any atom is -0.465 e. The standard InChI is InChI=1S/C13H10N2OS.CH3NO2/c1-8-14-10-5-4-9(7-11(10)15-8)13(16)12-3-2-6-17-12;2-1(3)4/h2-7H,1H3,(H,14,15);2H2,(H,3,4). The highest BCUT2D eigenvalue weighted by molar-refractivity contribution is 7.12. The number of rotatable bonds is 2. The normalized spacial score (nSPS) is 9.95. The summed E-state index contributed by atoms with van der Waals surface area (Å²) >= 11 is 1.46. The van der Waals surface area contributed by atoms with Crippen LogP contribution in [0.5, 0.6) is 0 Å². The first-order valence-electron chi connectivity index (χ1n) is 6.00. The number of carbonyl (C=O) groups is 2. The largest absolute Gasteiger partial charge is 0.465 e. The van der Waals surface area contributed by atoms with Gasteiger partial charge >= 0.3 is 6.09 Å². The summed E-state index contributed by atoms with van der Waals surface area (Å²) in [7, 11) is 0. The number of nitrogens with one attached hydrogen (secondary N) is 1. The summed E-state index contributed by atoms with van der Waals surface area (Å²) in [5, 5.41) is 9.10. The highest BCUT2D eigenvalue weighted by Crippen LogP contribution is 2.18. The van der Waals surface area contributed by atoms with Crippen LogP contribution in [0.4, 0.5) is 4.79 Å². The van der Waals surface area contributed by atoms with Gasteiger partial charge in [0.25, 0.3) is 0 Å². The molecule has 0 aliphatic heterocycles. The van der Waals surface area contributed by atoms with Gasteiger partial charge in [-0.25, -0.2) is 9.78 Å². The fraction of sp³-hybridized carbons (Fsp3) is 0.0714. The molecule has 0 spiro atoms. The number of amides is 1. The third-order valence-corrected chi connectivity index (χ3v) is 3.48. The lowest BCUT2D eigenvalue weighted by atomic mass is 10.1. The van der Waals surface area contributed by atoms with Crippen molar-refractivity contribution in [3.05, 3.63) is 52.0 Å². The lowest BCUT2D eigenvalue weighted by Gasteiger charge is -1.97. The fourth-order valence-corrected chi connectivity index (χ4v) is 2.51. The Balaban J connectivity index is 0.000000361. The molecule has 4 N–H and O–H groups in total. The number of carboxylic acid groups (broad SMARTS) is 1. The molecule has 7 heteroatoms. The molecule has 108 valence electrons. The zero-order chi connectivity index (χ0) is 15.4. The first-order chi connectivity index (χ1) is 9.97. The van der Waals surface area contributed by atoms with Crippen LogP contribution in [-0.2, 0) is 0 Å². The second-order valence-corrected chi connectivity index (χ2v) is 5.15. The number of hydrogen-bond acceptors (Lipinski definition) is 4. The molecule has 0 saturated heterocycles. The Morgan fingerprint density at radius 2 is 2.05 bits per heavy atom. The van der Waals surface area contributed by atoms with Gasteiger partial charge in [0, 0.05) is 5.56 Å². The summed E-state index contributed by atoms with van der Waals surface area (Å²) in [6.45, 7) is 1.90. The molecule has 2 aromatic heterocycles. The van der Waals surface area contributed by atoms with Crippen molar-refractivity contribution < 1.29 is 14.7 Å². The number of thiophene rings is 1. The van der Waals surface area contributed by atoms with Gasteiger partial charge in [-0.15, -0.1) is 11.3 Å². The van der Waals surface area contributed by atoms with Gasteiger partial charge in [-0.1, -0.05) is 6.07 Å². The van der Waals surface area contributed by atoms with E-state index in [1.54, 1.807) is 0 Å². The highest BCUT2D eigenvalue weighted by Gasteiger charge is 2.11. The number of nitrogens with two attached hydrogens (primary N) is 1. The zero-order valence-corrected chi connectivity index (χ0v) is 12.0. The Bertz CT molecular complexity index is 774. The number of aryl methyl sites for hydroxylation is 1. The number of H-pyrrole nitrogens is 1. The minimum absolute atomic E-state index is 0.0640. The minimum atomic E-state index is -1.33. The molecule has 2 heterocycles. The number of benzene rings is 1. The highest BCUT2D eigenvalue weighted by atomic mass is 32.1. The molecule has 1 aromatic carbocycles. The fourth-order valence-electron chi connectivity index (χ4n) is 1.83. The van der Waals surface area contributed by atoms with Crippen molar-refractivity contribution in [3.63, 3.8) is 0 Å². The number of nitrogens with zero attached hydrogens (tertiary/aromatic N) is 1. The third kappa shape index (κ3) is 3.67. The molecule has 1 amide bonds. The molecule has 0 saturated carbocycles. The van der Waals surface area contributed by atoms with E-state index < -0.39 is 6.09 Å². The molecule has 0 radical (unpaired) electrons. The molecule has 0 atom stereocenters. The Labute approximate surface area is 124 Å². The van der Waals surface area contributed by atoms with Gasteiger partial charge in [0.1, 0.15) is 5.82 Å². The van der Waals surface area contributed by atoms with Crippen molar-refractivity contribution in [2.75, 3.05) is 0 Å². The number of imidazole rings is 1. The van der Waals surface area contributed by atoms with E-state index in [1.165, 1.54) is 11.3 Å². The lowest BCUT2D eigenvalue weighted by molar-refractivity contribution is 0.104. The van der Waals surface area contributed by atoms with Gasteiger partial charge in [0.2, 0.25) is 5.78 Å². The van der Waals surface area contributed by atoms with Crippen LogP contribution in [0, 0.1) is 6.92 Å². The maximum atomic E-state index is 12.1. The van der Waals surface area contributed by atoms with E-state index in [9.17, 15) is 4.79 Å². The van der Waals surface area contributed by atoms with Crippen molar-refractivity contribution >= 4 is 34.2 Å². The maximum absolute atomic E-state index is 12.1. The van der Waals surface area contributed by atoms with Gasteiger partial charge in [-0.05, 0) is 36.6 Å². The summed E-state index contributed by atoms with van der Waals surface area (Å²) in [4.78, 5) is 29.1. The number of hydrogen-bond donors (Lipinski definition) is 3. The van der Waals surface area contributed by atoms with E-state index in [1.807, 2.05) is 42.6 Å². The topological polar surface area (TPSA) is 109 Å². The SMILES string of the molecule is Cc1nc2ccc(C(=O)c3cccs3)cc2[nH]1.NC(=O)O. The second-order valence-electron chi connectivity index (χ2n) is 4.20. The van der Waals surface area contributed by atoms with Crippen molar-refractivity contribution in [1.29, 1.82) is 0 Å². The van der Waals surface area contributed by atoms with Gasteiger partial charge in [-0.2, -0.15) is 0 Å². The van der Waals surface area contributed by atoms with Crippen LogP contribution in [0.3, 0.4) is 0 Å². The van der Waals surface area contributed by atoms with E-state index in [-0.39, 0.29) is 5.78 Å². The maximum Gasteiger partial charge on any atom is 0.402 e. The number of ketones is 1. The Kier molecular flexibility index (Phi) is 4.34. The number of carbonyl (C=O) groups excluding carboxylic acids is 1. The third-order valence-electron chi connectivity index (χ3n) is 2.61. The van der Waals surface area contributed by atoms with Crippen LogP contribution in [0.1, 0.15) is 21.1 Å². The number of aromatic amines is 1. The monoisotopic (exact) mass is 303 g/mol. The average Bonchev–Trinajstić information content (AvgIpc) is 3.04. The second kappa shape index (κ2) is 6.19. The summed E-state index contributed by atoms with van der Waals surface area (Å²) in [6.07, 6.45) is -1.33. The summed E-state index contributed by atoms with van der Waals surface area (Å²) in [5.41, 5.74) is 6.53. The van der Waals surface area contributed by atoms with Crippen LogP contribution in [-0.4, -0.2) is 27.0 Å². The predicted octanol–water partition coefficient (Wildman–Crippen LogP) is 2.79. The molecule has 0 bridgehead atoms. The summed E-state index contributed by atoms with van der Waals surface area (Å²) < 4.78 is 0. The molecule has 21 heavy (non-hydrogen) atoms. The molecule has 3 aromatic rings. The van der Waals surface area contributed by atoms with Crippen molar-refractivity contribution in [2.24, 2.45) is 5.73 Å². The van der Waals surface area contributed by atoms with Gasteiger partial charge in [-0.3, -0.25) is 4.79 Å². The summed E-state index contributed by atoms with van der Waals surface area (Å²) in [6, 6.07) is 9.29. The van der Waals surface area contributed by atoms with Crippen molar-refractivity contribution in [2.45, 2.75) is 6.92 Å². The molecule has 0 aliphatic rings. The molecule has 0 fully saturated rings. The summed E-state index contributed by atoms with van der Waals surface area (Å²) in [5.74, 6) is 0.926. The van der Waals surface area contributed by atoms with E-state index >= 15 is 0 Å². The number of primary amides is 1. The van der Waals surface area contributed by atoms with E-state index in [4.69, 9.17) is 9.90 Å². The lowest BCUT2D eigenvalue weighted by Crippen LogP contribution is -2.03. The number of fused-ring (bicyclic) bond motifs is 1. The van der Waals surface area contributed by atoms with E-state index in [2.05, 4.69) is 15.7 Å². The smallest absolute Gasteiger partial charge is 0.402 e. The van der Waals surface area contributed by atoms with Crippen LogP contribution >= 0.6 is 11.3 Å². The van der Waals surface area contributed by atoms with E-state index in [0.717, 1.165) is 21.7 Å². The van der Waals surface area contributed by atoms with Gasteiger partial charge in [0.05, 0.1) is 15.9 Å². The van der Waals surface area contributed by atoms with Gasteiger partial charge < -0.3 is 15.8 Å². The van der Waals surface area contributed by atoms with Crippen molar-refractivity contribution in [3.8, 4) is 0 Å². The van der Waals surface area contributed by atoms with E-state index in [0.29, 0.717) is 5.56 Å².